The van der Waals surface area contributed by atoms with Crippen molar-refractivity contribution in [2.45, 2.75) is 31.3 Å². The van der Waals surface area contributed by atoms with Crippen LogP contribution >= 0.6 is 11.6 Å². The summed E-state index contributed by atoms with van der Waals surface area (Å²) in [6, 6.07) is 13.7. The van der Waals surface area contributed by atoms with Crippen LogP contribution in [0.1, 0.15) is 25.1 Å². The van der Waals surface area contributed by atoms with Gasteiger partial charge in [0.1, 0.15) is 5.57 Å². The van der Waals surface area contributed by atoms with Crippen molar-refractivity contribution in [3.05, 3.63) is 71.0 Å². The smallest absolute Gasteiger partial charge is 0.342 e. The Balaban J connectivity index is 1.85. The second-order valence-corrected chi connectivity index (χ2v) is 9.67. The highest BCUT2D eigenvalue weighted by molar-refractivity contribution is 7.89. The van der Waals surface area contributed by atoms with Crippen LogP contribution in [0.3, 0.4) is 0 Å². The average molecular weight is 445 g/mol. The number of rotatable bonds is 4. The molecule has 4 rings (SSSR count). The molecule has 0 atom stereocenters. The van der Waals surface area contributed by atoms with Crippen LogP contribution in [0.25, 0.3) is 16.5 Å². The predicted molar refractivity (Wildman–Crippen MR) is 117 cm³/mol. The molecule has 0 aliphatic carbocycles. The zero-order valence-corrected chi connectivity index (χ0v) is 18.1. The van der Waals surface area contributed by atoms with Crippen LogP contribution in [0, 0.1) is 0 Å². The SMILES string of the molecule is CC(C)OC(=O)C1=CN(S(=O)(=O)c2ccc(Cl)cc2)CCc2c1[nH]c1ccccc21. The van der Waals surface area contributed by atoms with E-state index < -0.39 is 16.0 Å². The first-order valence-corrected chi connectivity index (χ1v) is 11.4. The number of aromatic amines is 1. The number of hydrogen-bond acceptors (Lipinski definition) is 4. The first-order valence-electron chi connectivity index (χ1n) is 9.57. The largest absolute Gasteiger partial charge is 0.459 e. The van der Waals surface area contributed by atoms with Crippen LogP contribution in [0.2, 0.25) is 5.02 Å². The van der Waals surface area contributed by atoms with Crippen molar-refractivity contribution in [3.63, 3.8) is 0 Å². The van der Waals surface area contributed by atoms with Gasteiger partial charge in [0.15, 0.2) is 0 Å². The van der Waals surface area contributed by atoms with Gasteiger partial charge in [-0.2, -0.15) is 0 Å². The zero-order valence-electron chi connectivity index (χ0n) is 16.6. The lowest BCUT2D eigenvalue weighted by Crippen LogP contribution is -2.28. The molecule has 3 aromatic rings. The normalized spacial score (nSPS) is 14.4. The van der Waals surface area contributed by atoms with Crippen molar-refractivity contribution in [1.82, 2.24) is 9.29 Å². The van der Waals surface area contributed by atoms with Gasteiger partial charge in [-0.05, 0) is 56.2 Å². The number of H-pyrrole nitrogens is 1. The van der Waals surface area contributed by atoms with Gasteiger partial charge in [-0.3, -0.25) is 4.31 Å². The van der Waals surface area contributed by atoms with Crippen molar-refractivity contribution < 1.29 is 17.9 Å². The Morgan fingerprint density at radius 1 is 1.13 bits per heavy atom. The summed E-state index contributed by atoms with van der Waals surface area (Å²) in [5, 5.41) is 1.41. The molecular formula is C22H21ClN2O4S. The van der Waals surface area contributed by atoms with Crippen LogP contribution in [0.15, 0.2) is 59.6 Å². The average Bonchev–Trinajstić information content (AvgIpc) is 2.94. The number of fused-ring (bicyclic) bond motifs is 3. The summed E-state index contributed by atoms with van der Waals surface area (Å²) in [5.74, 6) is -0.573. The number of aromatic nitrogens is 1. The van der Waals surface area contributed by atoms with E-state index >= 15 is 0 Å². The second kappa shape index (κ2) is 7.81. The van der Waals surface area contributed by atoms with E-state index in [1.54, 1.807) is 13.8 Å². The summed E-state index contributed by atoms with van der Waals surface area (Å²) >= 11 is 5.90. The molecule has 0 saturated heterocycles. The van der Waals surface area contributed by atoms with Gasteiger partial charge in [0.05, 0.1) is 16.7 Å². The van der Waals surface area contributed by atoms with E-state index in [0.717, 1.165) is 16.5 Å². The second-order valence-electron chi connectivity index (χ2n) is 7.34. The molecule has 0 spiro atoms. The van der Waals surface area contributed by atoms with E-state index in [1.807, 2.05) is 24.3 Å². The number of nitrogens with zero attached hydrogens (tertiary/aromatic N) is 1. The molecular weight excluding hydrogens is 424 g/mol. The van der Waals surface area contributed by atoms with Gasteiger partial charge in [0.2, 0.25) is 0 Å². The van der Waals surface area contributed by atoms with E-state index in [-0.39, 0.29) is 23.1 Å². The first-order chi connectivity index (χ1) is 14.3. The fourth-order valence-corrected chi connectivity index (χ4v) is 5.00. The summed E-state index contributed by atoms with van der Waals surface area (Å²) in [4.78, 5) is 16.3. The fraction of sp³-hybridized carbons (Fsp3) is 0.227. The minimum atomic E-state index is -3.87. The Kier molecular flexibility index (Phi) is 5.34. The van der Waals surface area contributed by atoms with Gasteiger partial charge in [-0.25, -0.2) is 13.2 Å². The lowest BCUT2D eigenvalue weighted by Gasteiger charge is -2.20. The third-order valence-corrected chi connectivity index (χ3v) is 6.95. The van der Waals surface area contributed by atoms with Gasteiger partial charge in [-0.1, -0.05) is 29.8 Å². The number of esters is 1. The molecule has 0 saturated carbocycles. The van der Waals surface area contributed by atoms with Crippen molar-refractivity contribution >= 4 is 44.1 Å². The quantitative estimate of drug-likeness (QED) is 0.606. The summed E-state index contributed by atoms with van der Waals surface area (Å²) < 4.78 is 33.1. The van der Waals surface area contributed by atoms with E-state index in [1.165, 1.54) is 34.8 Å². The van der Waals surface area contributed by atoms with Crippen LogP contribution < -0.4 is 0 Å². The maximum Gasteiger partial charge on any atom is 0.342 e. The Morgan fingerprint density at radius 3 is 2.53 bits per heavy atom. The predicted octanol–water partition coefficient (Wildman–Crippen LogP) is 4.36. The molecule has 30 heavy (non-hydrogen) atoms. The third-order valence-electron chi connectivity index (χ3n) is 4.92. The van der Waals surface area contributed by atoms with Crippen molar-refractivity contribution in [1.29, 1.82) is 0 Å². The molecule has 0 unspecified atom stereocenters. The molecule has 1 N–H and O–H groups in total. The number of sulfonamides is 1. The van der Waals surface area contributed by atoms with E-state index in [4.69, 9.17) is 16.3 Å². The van der Waals surface area contributed by atoms with Gasteiger partial charge < -0.3 is 9.72 Å². The number of hydrogen-bond donors (Lipinski definition) is 1. The molecule has 0 amide bonds. The van der Waals surface area contributed by atoms with E-state index in [0.29, 0.717) is 17.1 Å². The zero-order chi connectivity index (χ0) is 21.5. The summed E-state index contributed by atoms with van der Waals surface area (Å²) in [6.45, 7) is 3.70. The fourth-order valence-electron chi connectivity index (χ4n) is 3.55. The lowest BCUT2D eigenvalue weighted by atomic mass is 10.0. The monoisotopic (exact) mass is 444 g/mol. The molecule has 0 bridgehead atoms. The molecule has 1 aliphatic rings. The number of ether oxygens (including phenoxy) is 1. The molecule has 6 nitrogen and oxygen atoms in total. The van der Waals surface area contributed by atoms with E-state index in [9.17, 15) is 13.2 Å². The molecule has 0 radical (unpaired) electrons. The third kappa shape index (κ3) is 3.70. The Labute approximate surface area is 180 Å². The Hall–Kier alpha value is -2.77. The number of carbonyl (C=O) groups is 1. The molecule has 2 aromatic carbocycles. The van der Waals surface area contributed by atoms with Gasteiger partial charge in [-0.15, -0.1) is 0 Å². The minimum Gasteiger partial charge on any atom is -0.459 e. The summed E-state index contributed by atoms with van der Waals surface area (Å²) in [6.07, 6.45) is 1.48. The van der Waals surface area contributed by atoms with Crippen LogP contribution in [0.5, 0.6) is 0 Å². The summed E-state index contributed by atoms with van der Waals surface area (Å²) in [5.41, 5.74) is 2.56. The number of para-hydroxylation sites is 1. The topological polar surface area (TPSA) is 79.5 Å². The van der Waals surface area contributed by atoms with Crippen LogP contribution in [-0.4, -0.2) is 36.3 Å². The number of benzene rings is 2. The highest BCUT2D eigenvalue weighted by Gasteiger charge is 2.30. The maximum atomic E-state index is 13.3. The van der Waals surface area contributed by atoms with Gasteiger partial charge in [0.25, 0.3) is 10.0 Å². The highest BCUT2D eigenvalue weighted by atomic mass is 35.5. The molecule has 1 aromatic heterocycles. The molecule has 0 fully saturated rings. The number of carbonyl (C=O) groups excluding carboxylic acids is 1. The maximum absolute atomic E-state index is 13.3. The number of nitrogens with one attached hydrogen (secondary N) is 1. The molecule has 8 heteroatoms. The van der Waals surface area contributed by atoms with Gasteiger partial charge >= 0.3 is 5.97 Å². The van der Waals surface area contributed by atoms with Crippen LogP contribution in [-0.2, 0) is 26.0 Å². The van der Waals surface area contributed by atoms with Crippen molar-refractivity contribution in [2.24, 2.45) is 0 Å². The molecule has 1 aliphatic heterocycles. The lowest BCUT2D eigenvalue weighted by molar-refractivity contribution is -0.140. The van der Waals surface area contributed by atoms with Crippen molar-refractivity contribution in [2.75, 3.05) is 6.54 Å². The Bertz CT molecular complexity index is 1240. The summed E-state index contributed by atoms with van der Waals surface area (Å²) in [7, 11) is -3.87. The highest BCUT2D eigenvalue weighted by Crippen LogP contribution is 2.33. The first kappa shape index (κ1) is 20.5. The minimum absolute atomic E-state index is 0.107. The van der Waals surface area contributed by atoms with E-state index in [2.05, 4.69) is 4.98 Å². The van der Waals surface area contributed by atoms with Crippen molar-refractivity contribution in [3.8, 4) is 0 Å². The standard InChI is InChI=1S/C22H21ClN2O4S/c1-14(2)29-22(26)19-13-25(30(27,28)16-9-7-15(23)8-10-16)12-11-18-17-5-3-4-6-20(17)24-21(18)19/h3-10,13-14,24H,11-12H2,1-2H3. The Morgan fingerprint density at radius 2 is 1.83 bits per heavy atom. The number of halogens is 1. The van der Waals surface area contributed by atoms with Gasteiger partial charge in [0, 0.05) is 28.7 Å². The van der Waals surface area contributed by atoms with Crippen LogP contribution in [0.4, 0.5) is 0 Å². The molecule has 2 heterocycles. The molecule has 156 valence electrons.